The lowest BCUT2D eigenvalue weighted by molar-refractivity contribution is -0.114. The standard InChI is InChI=1S/C13H14O/c1-11(2)10-13(14)9-8-12-6-4-3-5-7-12/h3-7,11H,10H2,1-2H3. The maximum atomic E-state index is 11.3. The second-order valence-corrected chi connectivity index (χ2v) is 3.64. The van der Waals surface area contributed by atoms with Crippen molar-refractivity contribution >= 4 is 5.78 Å². The summed E-state index contributed by atoms with van der Waals surface area (Å²) in [6, 6.07) is 9.56. The van der Waals surface area contributed by atoms with E-state index >= 15 is 0 Å². The molecule has 72 valence electrons. The maximum absolute atomic E-state index is 11.3. The van der Waals surface area contributed by atoms with E-state index in [0.29, 0.717) is 12.3 Å². The Morgan fingerprint density at radius 3 is 2.50 bits per heavy atom. The summed E-state index contributed by atoms with van der Waals surface area (Å²) >= 11 is 0. The number of benzene rings is 1. The molecule has 1 rings (SSSR count). The van der Waals surface area contributed by atoms with Crippen molar-refractivity contribution in [3.05, 3.63) is 35.9 Å². The Kier molecular flexibility index (Phi) is 3.94. The monoisotopic (exact) mass is 186 g/mol. The van der Waals surface area contributed by atoms with Gasteiger partial charge in [-0.3, -0.25) is 4.79 Å². The Morgan fingerprint density at radius 2 is 1.93 bits per heavy atom. The summed E-state index contributed by atoms with van der Waals surface area (Å²) in [7, 11) is 0. The number of carbonyl (C=O) groups excluding carboxylic acids is 1. The zero-order valence-electron chi connectivity index (χ0n) is 8.58. The van der Waals surface area contributed by atoms with Crippen molar-refractivity contribution in [2.24, 2.45) is 5.92 Å². The van der Waals surface area contributed by atoms with E-state index in [9.17, 15) is 4.79 Å². The van der Waals surface area contributed by atoms with Crippen LogP contribution in [0.4, 0.5) is 0 Å². The van der Waals surface area contributed by atoms with E-state index in [1.165, 1.54) is 0 Å². The predicted molar refractivity (Wildman–Crippen MR) is 57.8 cm³/mol. The van der Waals surface area contributed by atoms with Gasteiger partial charge in [0.1, 0.15) is 0 Å². The SMILES string of the molecule is CC(C)CC(=O)C#Cc1ccccc1. The van der Waals surface area contributed by atoms with Crippen molar-refractivity contribution in [2.75, 3.05) is 0 Å². The van der Waals surface area contributed by atoms with E-state index in [2.05, 4.69) is 11.8 Å². The minimum absolute atomic E-state index is 0.0175. The summed E-state index contributed by atoms with van der Waals surface area (Å²) in [4.78, 5) is 11.3. The van der Waals surface area contributed by atoms with Crippen LogP contribution < -0.4 is 0 Å². The first-order chi connectivity index (χ1) is 6.68. The molecule has 0 heterocycles. The summed E-state index contributed by atoms with van der Waals surface area (Å²) in [5, 5.41) is 0. The lowest BCUT2D eigenvalue weighted by Gasteiger charge is -1.96. The van der Waals surface area contributed by atoms with E-state index in [1.54, 1.807) is 0 Å². The van der Waals surface area contributed by atoms with E-state index in [1.807, 2.05) is 44.2 Å². The van der Waals surface area contributed by atoms with E-state index < -0.39 is 0 Å². The molecule has 0 amide bonds. The number of rotatable bonds is 2. The summed E-state index contributed by atoms with van der Waals surface area (Å²) in [6.45, 7) is 4.03. The van der Waals surface area contributed by atoms with Gasteiger partial charge in [-0.1, -0.05) is 38.0 Å². The molecule has 1 nitrogen and oxygen atoms in total. The molecule has 1 aromatic rings. The minimum atomic E-state index is 0.0175. The Morgan fingerprint density at radius 1 is 1.29 bits per heavy atom. The van der Waals surface area contributed by atoms with Gasteiger partial charge in [0.25, 0.3) is 0 Å². The van der Waals surface area contributed by atoms with Gasteiger partial charge in [0, 0.05) is 12.0 Å². The first-order valence-electron chi connectivity index (χ1n) is 4.78. The Labute approximate surface area is 85.1 Å². The zero-order valence-corrected chi connectivity index (χ0v) is 8.58. The largest absolute Gasteiger partial charge is 0.285 e. The molecule has 0 saturated carbocycles. The molecule has 1 heteroatoms. The van der Waals surface area contributed by atoms with Crippen molar-refractivity contribution in [2.45, 2.75) is 20.3 Å². The number of carbonyl (C=O) groups is 1. The van der Waals surface area contributed by atoms with E-state index in [-0.39, 0.29) is 5.78 Å². The molecule has 0 saturated heterocycles. The first-order valence-corrected chi connectivity index (χ1v) is 4.78. The van der Waals surface area contributed by atoms with Crippen molar-refractivity contribution in [1.29, 1.82) is 0 Å². The van der Waals surface area contributed by atoms with Gasteiger partial charge in [-0.2, -0.15) is 0 Å². The Bertz CT molecular complexity index is 352. The minimum Gasteiger partial charge on any atom is -0.285 e. The van der Waals surface area contributed by atoms with Gasteiger partial charge < -0.3 is 0 Å². The average molecular weight is 186 g/mol. The van der Waals surface area contributed by atoms with Crippen LogP contribution in [0.25, 0.3) is 0 Å². The van der Waals surface area contributed by atoms with Gasteiger partial charge in [0.2, 0.25) is 5.78 Å². The quantitative estimate of drug-likeness (QED) is 0.649. The molecule has 0 aliphatic rings. The third kappa shape index (κ3) is 3.91. The molecular weight excluding hydrogens is 172 g/mol. The molecule has 0 fully saturated rings. The van der Waals surface area contributed by atoms with E-state index in [4.69, 9.17) is 0 Å². The van der Waals surface area contributed by atoms with Gasteiger partial charge in [-0.15, -0.1) is 0 Å². The van der Waals surface area contributed by atoms with Crippen LogP contribution in [0.5, 0.6) is 0 Å². The molecule has 0 spiro atoms. The van der Waals surface area contributed by atoms with Crippen LogP contribution in [0.15, 0.2) is 30.3 Å². The average Bonchev–Trinajstić information content (AvgIpc) is 2.15. The van der Waals surface area contributed by atoms with Crippen molar-refractivity contribution in [3.8, 4) is 11.8 Å². The van der Waals surface area contributed by atoms with Gasteiger partial charge >= 0.3 is 0 Å². The smallest absolute Gasteiger partial charge is 0.206 e. The highest BCUT2D eigenvalue weighted by atomic mass is 16.1. The van der Waals surface area contributed by atoms with Crippen molar-refractivity contribution < 1.29 is 4.79 Å². The summed E-state index contributed by atoms with van der Waals surface area (Å²) in [5.74, 6) is 5.89. The van der Waals surface area contributed by atoms with Crippen LogP contribution >= 0.6 is 0 Å². The molecule has 0 radical (unpaired) electrons. The Balaban J connectivity index is 2.60. The molecule has 14 heavy (non-hydrogen) atoms. The molecule has 1 aromatic carbocycles. The highest BCUT2D eigenvalue weighted by Gasteiger charge is 1.99. The van der Waals surface area contributed by atoms with Gasteiger partial charge in [0.15, 0.2) is 0 Å². The van der Waals surface area contributed by atoms with Gasteiger partial charge in [0.05, 0.1) is 0 Å². The van der Waals surface area contributed by atoms with Crippen LogP contribution in [0.3, 0.4) is 0 Å². The zero-order chi connectivity index (χ0) is 10.4. The fourth-order valence-corrected chi connectivity index (χ4v) is 1.09. The normalized spacial score (nSPS) is 9.36. The molecule has 0 bridgehead atoms. The van der Waals surface area contributed by atoms with Crippen LogP contribution in [-0.2, 0) is 4.79 Å². The van der Waals surface area contributed by atoms with E-state index in [0.717, 1.165) is 5.56 Å². The van der Waals surface area contributed by atoms with Crippen LogP contribution in [-0.4, -0.2) is 5.78 Å². The second kappa shape index (κ2) is 5.24. The lowest BCUT2D eigenvalue weighted by atomic mass is 10.1. The third-order valence-electron chi connectivity index (χ3n) is 1.71. The van der Waals surface area contributed by atoms with Crippen LogP contribution in [0, 0.1) is 17.8 Å². The fourth-order valence-electron chi connectivity index (χ4n) is 1.09. The fraction of sp³-hybridized carbons (Fsp3) is 0.308. The van der Waals surface area contributed by atoms with Crippen molar-refractivity contribution in [1.82, 2.24) is 0 Å². The van der Waals surface area contributed by atoms with Gasteiger partial charge in [-0.25, -0.2) is 0 Å². The molecular formula is C13H14O. The molecule has 0 aromatic heterocycles. The molecule has 0 aliphatic heterocycles. The Hall–Kier alpha value is -1.55. The number of Topliss-reactive ketones (excluding diaryl/α,β-unsaturated/α-hetero) is 1. The van der Waals surface area contributed by atoms with Gasteiger partial charge in [-0.05, 0) is 24.0 Å². The summed E-state index contributed by atoms with van der Waals surface area (Å²) < 4.78 is 0. The number of hydrogen-bond acceptors (Lipinski definition) is 1. The molecule has 0 N–H and O–H groups in total. The highest BCUT2D eigenvalue weighted by molar-refractivity contribution is 5.96. The molecule has 0 aliphatic carbocycles. The molecule has 0 unspecified atom stereocenters. The summed E-state index contributed by atoms with van der Waals surface area (Å²) in [5.41, 5.74) is 0.893. The van der Waals surface area contributed by atoms with Crippen LogP contribution in [0.2, 0.25) is 0 Å². The maximum Gasteiger partial charge on any atom is 0.206 e. The van der Waals surface area contributed by atoms with Crippen LogP contribution in [0.1, 0.15) is 25.8 Å². The first kappa shape index (κ1) is 10.5. The highest BCUT2D eigenvalue weighted by Crippen LogP contribution is 2.00. The predicted octanol–water partition coefficient (Wildman–Crippen LogP) is 2.65. The number of ketones is 1. The molecule has 0 atom stereocenters. The lowest BCUT2D eigenvalue weighted by Crippen LogP contribution is -1.98. The van der Waals surface area contributed by atoms with Crippen molar-refractivity contribution in [3.63, 3.8) is 0 Å². The summed E-state index contributed by atoms with van der Waals surface area (Å²) in [6.07, 6.45) is 0.542. The third-order valence-corrected chi connectivity index (χ3v) is 1.71. The topological polar surface area (TPSA) is 17.1 Å². The second-order valence-electron chi connectivity index (χ2n) is 3.64. The number of hydrogen-bond donors (Lipinski definition) is 0.